The number of hydrogen-bond acceptors (Lipinski definition) is 4. The Hall–Kier alpha value is -2.37. The molecule has 0 saturated carbocycles. The van der Waals surface area contributed by atoms with E-state index in [2.05, 4.69) is 10.6 Å². The minimum Gasteiger partial charge on any atom is -0.495 e. The lowest BCUT2D eigenvalue weighted by Gasteiger charge is -2.11. The molecule has 6 nitrogen and oxygen atoms in total. The van der Waals surface area contributed by atoms with Gasteiger partial charge in [-0.2, -0.15) is 0 Å². The van der Waals surface area contributed by atoms with Gasteiger partial charge in [0, 0.05) is 13.1 Å². The number of rotatable bonds is 6. The topological polar surface area (TPSA) is 96.6 Å². The molecule has 6 heteroatoms. The number of amides is 1. The van der Waals surface area contributed by atoms with Crippen molar-refractivity contribution in [1.82, 2.24) is 5.32 Å². The highest BCUT2D eigenvalue weighted by atomic mass is 16.5. The molecule has 0 bridgehead atoms. The molecule has 0 fully saturated rings. The summed E-state index contributed by atoms with van der Waals surface area (Å²) in [5.74, 6) is 0.673. The average Bonchev–Trinajstić information content (AvgIpc) is 2.34. The van der Waals surface area contributed by atoms with Crippen LogP contribution in [0.1, 0.15) is 0 Å². The van der Waals surface area contributed by atoms with Crippen molar-refractivity contribution in [3.8, 4) is 5.75 Å². The van der Waals surface area contributed by atoms with Gasteiger partial charge in [-0.3, -0.25) is 0 Å². The van der Waals surface area contributed by atoms with Crippen LogP contribution in [0.4, 0.5) is 16.2 Å². The van der Waals surface area contributed by atoms with E-state index < -0.39 is 6.09 Å². The maximum Gasteiger partial charge on any atom is 0.404 e. The van der Waals surface area contributed by atoms with Gasteiger partial charge in [0.15, 0.2) is 0 Å². The molecule has 1 aromatic carbocycles. The monoisotopic (exact) mass is 251 g/mol. The maximum absolute atomic E-state index is 10.2. The van der Waals surface area contributed by atoms with E-state index in [4.69, 9.17) is 15.6 Å². The Kier molecular flexibility index (Phi) is 5.37. The van der Waals surface area contributed by atoms with Gasteiger partial charge in [-0.25, -0.2) is 4.79 Å². The number of hydrogen-bond donors (Lipinski definition) is 4. The van der Waals surface area contributed by atoms with Crippen LogP contribution >= 0.6 is 0 Å². The number of nitrogens with two attached hydrogens (primary N) is 1. The van der Waals surface area contributed by atoms with Gasteiger partial charge in [-0.1, -0.05) is 18.2 Å². The highest BCUT2D eigenvalue weighted by molar-refractivity contribution is 5.73. The summed E-state index contributed by atoms with van der Waals surface area (Å²) in [5, 5.41) is 13.7. The second-order valence-corrected chi connectivity index (χ2v) is 3.46. The predicted molar refractivity (Wildman–Crippen MR) is 71.1 cm³/mol. The van der Waals surface area contributed by atoms with Gasteiger partial charge in [-0.15, -0.1) is 0 Å². The smallest absolute Gasteiger partial charge is 0.404 e. The number of nitrogen functional groups attached to an aromatic ring is 1. The van der Waals surface area contributed by atoms with Gasteiger partial charge in [0.2, 0.25) is 0 Å². The molecular formula is C12H17N3O3. The van der Waals surface area contributed by atoms with Gasteiger partial charge < -0.3 is 26.2 Å². The highest BCUT2D eigenvalue weighted by Crippen LogP contribution is 2.29. The van der Waals surface area contributed by atoms with Crippen molar-refractivity contribution in [2.45, 2.75) is 0 Å². The van der Waals surface area contributed by atoms with Crippen LogP contribution in [0, 0.1) is 0 Å². The van der Waals surface area contributed by atoms with Crippen LogP contribution in [0.5, 0.6) is 5.75 Å². The molecule has 5 N–H and O–H groups in total. The van der Waals surface area contributed by atoms with Crippen molar-refractivity contribution in [3.05, 3.63) is 30.4 Å². The zero-order valence-electron chi connectivity index (χ0n) is 10.1. The molecular weight excluding hydrogens is 234 g/mol. The van der Waals surface area contributed by atoms with Gasteiger partial charge in [0.05, 0.1) is 12.8 Å². The third-order valence-electron chi connectivity index (χ3n) is 2.21. The fourth-order valence-corrected chi connectivity index (χ4v) is 1.38. The molecule has 98 valence electrons. The van der Waals surface area contributed by atoms with Crippen molar-refractivity contribution in [1.29, 1.82) is 0 Å². The number of nitrogens with one attached hydrogen (secondary N) is 2. The molecule has 1 aromatic rings. The third kappa shape index (κ3) is 4.25. The van der Waals surface area contributed by atoms with Gasteiger partial charge in [0.1, 0.15) is 11.4 Å². The van der Waals surface area contributed by atoms with Crippen molar-refractivity contribution in [3.63, 3.8) is 0 Å². The molecule has 0 aliphatic carbocycles. The lowest BCUT2D eigenvalue weighted by atomic mass is 10.2. The molecule has 1 amide bonds. The molecule has 0 spiro atoms. The van der Waals surface area contributed by atoms with Crippen LogP contribution in [-0.2, 0) is 0 Å². The Bertz CT molecular complexity index is 433. The summed E-state index contributed by atoms with van der Waals surface area (Å²) in [5.41, 5.74) is 7.16. The second-order valence-electron chi connectivity index (χ2n) is 3.46. The van der Waals surface area contributed by atoms with Crippen molar-refractivity contribution < 1.29 is 14.6 Å². The predicted octanol–water partition coefficient (Wildman–Crippen LogP) is 1.51. The Labute approximate surface area is 105 Å². The van der Waals surface area contributed by atoms with Crippen LogP contribution in [0.2, 0.25) is 0 Å². The van der Waals surface area contributed by atoms with Crippen LogP contribution in [0.3, 0.4) is 0 Å². The maximum atomic E-state index is 10.2. The lowest BCUT2D eigenvalue weighted by Crippen LogP contribution is -2.20. The van der Waals surface area contributed by atoms with Crippen LogP contribution in [0.15, 0.2) is 30.4 Å². The molecule has 18 heavy (non-hydrogen) atoms. The minimum absolute atomic E-state index is 0.276. The number of carbonyl (C=O) groups is 1. The molecule has 0 saturated heterocycles. The second kappa shape index (κ2) is 7.05. The van der Waals surface area contributed by atoms with E-state index in [1.165, 1.54) is 0 Å². The summed E-state index contributed by atoms with van der Waals surface area (Å²) in [6.07, 6.45) is 2.48. The van der Waals surface area contributed by atoms with Crippen molar-refractivity contribution >= 4 is 17.5 Å². The molecule has 0 atom stereocenters. The molecule has 0 radical (unpaired) electrons. The number of anilines is 2. The third-order valence-corrected chi connectivity index (χ3v) is 2.21. The van der Waals surface area contributed by atoms with Gasteiger partial charge in [0.25, 0.3) is 0 Å². The largest absolute Gasteiger partial charge is 0.495 e. The summed E-state index contributed by atoms with van der Waals surface area (Å²) in [4.78, 5) is 10.2. The van der Waals surface area contributed by atoms with E-state index in [9.17, 15) is 4.79 Å². The summed E-state index contributed by atoms with van der Waals surface area (Å²) >= 11 is 0. The Morgan fingerprint density at radius 2 is 2.17 bits per heavy atom. The molecule has 0 heterocycles. The van der Waals surface area contributed by atoms with Crippen molar-refractivity contribution in [2.24, 2.45) is 0 Å². The van der Waals surface area contributed by atoms with Gasteiger partial charge >= 0.3 is 6.09 Å². The van der Waals surface area contributed by atoms with E-state index in [1.54, 1.807) is 19.3 Å². The van der Waals surface area contributed by atoms with Crippen LogP contribution in [0.25, 0.3) is 0 Å². The summed E-state index contributed by atoms with van der Waals surface area (Å²) < 4.78 is 5.18. The van der Waals surface area contributed by atoms with E-state index in [0.717, 1.165) is 5.69 Å². The molecule has 0 aliphatic heterocycles. The first-order valence-corrected chi connectivity index (χ1v) is 5.43. The first kappa shape index (κ1) is 13.7. The molecule has 0 aliphatic rings. The Balaban J connectivity index is 2.46. The highest BCUT2D eigenvalue weighted by Gasteiger charge is 2.04. The molecule has 0 unspecified atom stereocenters. The van der Waals surface area contributed by atoms with Crippen molar-refractivity contribution in [2.75, 3.05) is 31.2 Å². The van der Waals surface area contributed by atoms with E-state index >= 15 is 0 Å². The van der Waals surface area contributed by atoms with Gasteiger partial charge in [-0.05, 0) is 12.1 Å². The van der Waals surface area contributed by atoms with Crippen LogP contribution in [-0.4, -0.2) is 31.4 Å². The Morgan fingerprint density at radius 3 is 2.83 bits per heavy atom. The first-order chi connectivity index (χ1) is 8.65. The van der Waals surface area contributed by atoms with Crippen LogP contribution < -0.4 is 21.1 Å². The van der Waals surface area contributed by atoms with E-state index in [0.29, 0.717) is 18.0 Å². The quantitative estimate of drug-likeness (QED) is 0.454. The number of ether oxygens (including phenoxy) is 1. The fourth-order valence-electron chi connectivity index (χ4n) is 1.38. The lowest BCUT2D eigenvalue weighted by molar-refractivity contribution is 0.195. The number of para-hydroxylation sites is 1. The molecule has 0 aromatic heterocycles. The SMILES string of the molecule is COc1cccc(N)c1NC/C=C/CNC(=O)O. The fraction of sp³-hybridized carbons (Fsp3) is 0.250. The zero-order chi connectivity index (χ0) is 13.4. The van der Waals surface area contributed by atoms with E-state index in [1.807, 2.05) is 18.2 Å². The molecule has 1 rings (SSSR count). The summed E-state index contributed by atoms with van der Waals surface area (Å²) in [6, 6.07) is 5.40. The normalized spacial score (nSPS) is 10.3. The minimum atomic E-state index is -1.04. The number of methoxy groups -OCH3 is 1. The standard InChI is InChI=1S/C12H17N3O3/c1-18-10-6-4-5-9(13)11(10)14-7-2-3-8-15-12(16)17/h2-6,14-15H,7-8,13H2,1H3,(H,16,17)/b3-2+. The summed E-state index contributed by atoms with van der Waals surface area (Å²) in [7, 11) is 1.58. The average molecular weight is 251 g/mol. The Morgan fingerprint density at radius 1 is 1.44 bits per heavy atom. The zero-order valence-corrected chi connectivity index (χ0v) is 10.1. The number of benzene rings is 1. The first-order valence-electron chi connectivity index (χ1n) is 5.43. The van der Waals surface area contributed by atoms with E-state index in [-0.39, 0.29) is 6.54 Å². The summed E-state index contributed by atoms with van der Waals surface area (Å²) in [6.45, 7) is 0.810. The number of carboxylic acid groups (broad SMARTS) is 1.